The Morgan fingerprint density at radius 2 is 2.22 bits per heavy atom. The number of carbonyl (C=O) groups is 1. The van der Waals surface area contributed by atoms with Crippen LogP contribution >= 0.6 is 0 Å². The Morgan fingerprint density at radius 3 is 2.91 bits per heavy atom. The van der Waals surface area contributed by atoms with Crippen molar-refractivity contribution in [1.82, 2.24) is 9.78 Å². The third-order valence-electron chi connectivity index (χ3n) is 3.73. The molecule has 2 aromatic rings. The number of hydrogen-bond acceptors (Lipinski definition) is 3. The average molecular weight is 313 g/mol. The average Bonchev–Trinajstić information content (AvgIpc) is 3.00. The molecule has 23 heavy (non-hydrogen) atoms. The predicted molar refractivity (Wildman–Crippen MR) is 92.6 cm³/mol. The van der Waals surface area contributed by atoms with Gasteiger partial charge >= 0.3 is 0 Å². The SMILES string of the molecule is CCC(C)n1nccc1NC(=O)/C=C/c1cc(C)ccc1OC. The fourth-order valence-corrected chi connectivity index (χ4v) is 2.25. The molecule has 1 aromatic carbocycles. The van der Waals surface area contributed by atoms with Crippen molar-refractivity contribution in [3.63, 3.8) is 0 Å². The third kappa shape index (κ3) is 4.22. The first kappa shape index (κ1) is 16.8. The van der Waals surface area contributed by atoms with E-state index in [1.54, 1.807) is 25.4 Å². The summed E-state index contributed by atoms with van der Waals surface area (Å²) in [5, 5.41) is 7.12. The van der Waals surface area contributed by atoms with Crippen LogP contribution in [0.25, 0.3) is 6.08 Å². The number of methoxy groups -OCH3 is 1. The van der Waals surface area contributed by atoms with Gasteiger partial charge in [-0.2, -0.15) is 5.10 Å². The maximum Gasteiger partial charge on any atom is 0.249 e. The molecule has 5 heteroatoms. The van der Waals surface area contributed by atoms with E-state index >= 15 is 0 Å². The second-order valence-electron chi connectivity index (χ2n) is 5.49. The third-order valence-corrected chi connectivity index (χ3v) is 3.73. The van der Waals surface area contributed by atoms with Crippen LogP contribution in [-0.2, 0) is 4.79 Å². The molecular formula is C18H23N3O2. The summed E-state index contributed by atoms with van der Waals surface area (Å²) >= 11 is 0. The van der Waals surface area contributed by atoms with Crippen LogP contribution in [0, 0.1) is 6.92 Å². The van der Waals surface area contributed by atoms with Crippen molar-refractivity contribution in [2.45, 2.75) is 33.2 Å². The van der Waals surface area contributed by atoms with E-state index in [4.69, 9.17) is 4.74 Å². The Labute approximate surface area is 137 Å². The van der Waals surface area contributed by atoms with Crippen LogP contribution in [0.15, 0.2) is 36.5 Å². The van der Waals surface area contributed by atoms with E-state index in [2.05, 4.69) is 24.3 Å². The Balaban J connectivity index is 2.11. The lowest BCUT2D eigenvalue weighted by molar-refractivity contribution is -0.111. The molecule has 0 fully saturated rings. The van der Waals surface area contributed by atoms with Gasteiger partial charge in [0.25, 0.3) is 0 Å². The van der Waals surface area contributed by atoms with Crippen LogP contribution in [0.3, 0.4) is 0 Å². The number of aryl methyl sites for hydroxylation is 1. The molecule has 1 amide bonds. The van der Waals surface area contributed by atoms with Crippen molar-refractivity contribution in [2.75, 3.05) is 12.4 Å². The van der Waals surface area contributed by atoms with Gasteiger partial charge in [0.15, 0.2) is 0 Å². The minimum Gasteiger partial charge on any atom is -0.496 e. The van der Waals surface area contributed by atoms with Crippen LogP contribution < -0.4 is 10.1 Å². The molecule has 0 spiro atoms. The Hall–Kier alpha value is -2.56. The zero-order valence-corrected chi connectivity index (χ0v) is 14.0. The molecule has 1 atom stereocenters. The minimum absolute atomic E-state index is 0.196. The monoisotopic (exact) mass is 313 g/mol. The summed E-state index contributed by atoms with van der Waals surface area (Å²) < 4.78 is 7.12. The van der Waals surface area contributed by atoms with E-state index in [0.717, 1.165) is 23.3 Å². The normalized spacial score (nSPS) is 12.3. The molecule has 1 N–H and O–H groups in total. The summed E-state index contributed by atoms with van der Waals surface area (Å²) in [5.74, 6) is 1.24. The highest BCUT2D eigenvalue weighted by Crippen LogP contribution is 2.21. The molecule has 1 heterocycles. The van der Waals surface area contributed by atoms with Crippen molar-refractivity contribution in [1.29, 1.82) is 0 Å². The number of carbonyl (C=O) groups excluding carboxylic acids is 1. The van der Waals surface area contributed by atoms with E-state index < -0.39 is 0 Å². The smallest absolute Gasteiger partial charge is 0.249 e. The first-order valence-electron chi connectivity index (χ1n) is 7.72. The van der Waals surface area contributed by atoms with Gasteiger partial charge in [0.2, 0.25) is 5.91 Å². The second-order valence-corrected chi connectivity index (χ2v) is 5.49. The predicted octanol–water partition coefficient (Wildman–Crippen LogP) is 3.82. The topological polar surface area (TPSA) is 56.2 Å². The maximum atomic E-state index is 12.2. The van der Waals surface area contributed by atoms with Gasteiger partial charge in [0, 0.05) is 17.7 Å². The molecule has 0 bridgehead atoms. The van der Waals surface area contributed by atoms with Gasteiger partial charge in [-0.3, -0.25) is 4.79 Å². The molecule has 5 nitrogen and oxygen atoms in total. The lowest BCUT2D eigenvalue weighted by atomic mass is 10.1. The molecule has 0 saturated heterocycles. The lowest BCUT2D eigenvalue weighted by Crippen LogP contribution is -2.15. The molecule has 1 aromatic heterocycles. The quantitative estimate of drug-likeness (QED) is 0.825. The van der Waals surface area contributed by atoms with Gasteiger partial charge in [0.05, 0.1) is 19.3 Å². The largest absolute Gasteiger partial charge is 0.496 e. The zero-order chi connectivity index (χ0) is 16.8. The van der Waals surface area contributed by atoms with E-state index in [0.29, 0.717) is 5.82 Å². The Morgan fingerprint density at radius 1 is 1.43 bits per heavy atom. The Bertz CT molecular complexity index is 704. The first-order chi connectivity index (χ1) is 11.0. The van der Waals surface area contributed by atoms with E-state index in [1.165, 1.54) is 6.08 Å². The van der Waals surface area contributed by atoms with Crippen molar-refractivity contribution in [3.05, 3.63) is 47.7 Å². The number of nitrogens with one attached hydrogen (secondary N) is 1. The van der Waals surface area contributed by atoms with E-state index in [1.807, 2.05) is 29.8 Å². The zero-order valence-electron chi connectivity index (χ0n) is 14.0. The molecule has 0 aliphatic carbocycles. The summed E-state index contributed by atoms with van der Waals surface area (Å²) in [5.41, 5.74) is 1.98. The molecule has 2 rings (SSSR count). The molecular weight excluding hydrogens is 290 g/mol. The fourth-order valence-electron chi connectivity index (χ4n) is 2.25. The van der Waals surface area contributed by atoms with Crippen LogP contribution in [0.2, 0.25) is 0 Å². The number of amides is 1. The Kier molecular flexibility index (Phi) is 5.57. The van der Waals surface area contributed by atoms with Gasteiger partial charge < -0.3 is 10.1 Å². The van der Waals surface area contributed by atoms with Crippen molar-refractivity contribution in [2.24, 2.45) is 0 Å². The van der Waals surface area contributed by atoms with Crippen LogP contribution in [0.4, 0.5) is 5.82 Å². The highest BCUT2D eigenvalue weighted by molar-refractivity contribution is 6.01. The number of ether oxygens (including phenoxy) is 1. The van der Waals surface area contributed by atoms with Crippen LogP contribution in [-0.4, -0.2) is 22.8 Å². The van der Waals surface area contributed by atoms with Gasteiger partial charge in [-0.1, -0.05) is 18.6 Å². The number of rotatable bonds is 6. The molecule has 122 valence electrons. The molecule has 1 unspecified atom stereocenters. The lowest BCUT2D eigenvalue weighted by Gasteiger charge is -2.13. The number of hydrogen-bond donors (Lipinski definition) is 1. The fraction of sp³-hybridized carbons (Fsp3) is 0.333. The molecule has 0 aliphatic heterocycles. The molecule has 0 radical (unpaired) electrons. The maximum absolute atomic E-state index is 12.2. The highest BCUT2D eigenvalue weighted by atomic mass is 16.5. The van der Waals surface area contributed by atoms with Crippen LogP contribution in [0.1, 0.15) is 37.4 Å². The highest BCUT2D eigenvalue weighted by Gasteiger charge is 2.10. The van der Waals surface area contributed by atoms with Gasteiger partial charge in [-0.05, 0) is 38.5 Å². The van der Waals surface area contributed by atoms with Gasteiger partial charge in [-0.25, -0.2) is 4.68 Å². The summed E-state index contributed by atoms with van der Waals surface area (Å²) in [4.78, 5) is 12.2. The summed E-state index contributed by atoms with van der Waals surface area (Å²) in [6.45, 7) is 6.15. The number of nitrogens with zero attached hydrogens (tertiary/aromatic N) is 2. The minimum atomic E-state index is -0.196. The van der Waals surface area contributed by atoms with Gasteiger partial charge in [0.1, 0.15) is 11.6 Å². The summed E-state index contributed by atoms with van der Waals surface area (Å²) in [6.07, 6.45) is 5.90. The first-order valence-corrected chi connectivity index (χ1v) is 7.72. The molecule has 0 saturated carbocycles. The van der Waals surface area contributed by atoms with Crippen molar-refractivity contribution < 1.29 is 9.53 Å². The summed E-state index contributed by atoms with van der Waals surface area (Å²) in [7, 11) is 1.62. The number of benzene rings is 1. The summed E-state index contributed by atoms with van der Waals surface area (Å²) in [6, 6.07) is 7.88. The van der Waals surface area contributed by atoms with Crippen LogP contribution in [0.5, 0.6) is 5.75 Å². The standard InChI is InChI=1S/C18H23N3O2/c1-5-14(3)21-17(10-11-19-21)20-18(22)9-7-15-12-13(2)6-8-16(15)23-4/h6-12,14H,5H2,1-4H3,(H,20,22)/b9-7+. The van der Waals surface area contributed by atoms with E-state index in [-0.39, 0.29) is 11.9 Å². The molecule has 0 aliphatic rings. The number of anilines is 1. The second kappa shape index (κ2) is 7.63. The van der Waals surface area contributed by atoms with Crippen molar-refractivity contribution in [3.8, 4) is 5.75 Å². The van der Waals surface area contributed by atoms with E-state index in [9.17, 15) is 4.79 Å². The van der Waals surface area contributed by atoms with Gasteiger partial charge in [-0.15, -0.1) is 0 Å². The van der Waals surface area contributed by atoms with Crippen molar-refractivity contribution >= 4 is 17.8 Å². The number of aromatic nitrogens is 2.